The summed E-state index contributed by atoms with van der Waals surface area (Å²) in [6.45, 7) is 3.28. The van der Waals surface area contributed by atoms with Crippen molar-refractivity contribution in [1.29, 1.82) is 0 Å². The van der Waals surface area contributed by atoms with Gasteiger partial charge in [-0.1, -0.05) is 25.1 Å². The van der Waals surface area contributed by atoms with E-state index in [9.17, 15) is 22.8 Å². The Morgan fingerprint density at radius 1 is 1.13 bits per heavy atom. The van der Waals surface area contributed by atoms with E-state index >= 15 is 0 Å². The van der Waals surface area contributed by atoms with Crippen molar-refractivity contribution < 1.29 is 27.5 Å². The minimum atomic E-state index is -4.12. The largest absolute Gasteiger partial charge is 0.462 e. The molecule has 10 nitrogen and oxygen atoms in total. The topological polar surface area (TPSA) is 136 Å². The lowest BCUT2D eigenvalue weighted by Crippen LogP contribution is -2.39. The lowest BCUT2D eigenvalue weighted by Gasteiger charge is -2.16. The van der Waals surface area contributed by atoms with Crippen LogP contribution in [0.15, 0.2) is 36.5 Å². The van der Waals surface area contributed by atoms with Gasteiger partial charge in [0.1, 0.15) is 22.4 Å². The Morgan fingerprint density at radius 2 is 1.80 bits per heavy atom. The van der Waals surface area contributed by atoms with Gasteiger partial charge in [-0.3, -0.25) is 14.3 Å². The lowest BCUT2D eigenvalue weighted by molar-refractivity contribution is -0.115. The molecule has 0 bridgehead atoms. The molecule has 1 unspecified atom stereocenters. The van der Waals surface area contributed by atoms with Crippen LogP contribution in [0.25, 0.3) is 0 Å². The second-order valence-electron chi connectivity index (χ2n) is 6.36. The first-order valence-electron chi connectivity index (χ1n) is 9.26. The van der Waals surface area contributed by atoms with Crippen molar-refractivity contribution in [2.24, 2.45) is 7.05 Å². The zero-order chi connectivity index (χ0) is 22.3. The molecule has 0 aliphatic rings. The Balaban J connectivity index is 2.14. The number of aryl methyl sites for hydroxylation is 1. The highest BCUT2D eigenvalue weighted by Crippen LogP contribution is 2.18. The number of benzene rings is 1. The molecule has 11 heteroatoms. The van der Waals surface area contributed by atoms with Gasteiger partial charge in [0.15, 0.2) is 9.84 Å². The predicted molar refractivity (Wildman–Crippen MR) is 111 cm³/mol. The highest BCUT2D eigenvalue weighted by Gasteiger charge is 2.34. The molecule has 0 aliphatic carbocycles. The number of hydrogen-bond donors (Lipinski definition) is 2. The van der Waals surface area contributed by atoms with Crippen LogP contribution in [0, 0.1) is 0 Å². The monoisotopic (exact) mass is 436 g/mol. The number of carbonyl (C=O) groups is 3. The number of rotatable bonds is 9. The van der Waals surface area contributed by atoms with E-state index in [1.807, 2.05) is 0 Å². The number of carbonyl (C=O) groups excluding carboxylic acids is 3. The number of esters is 1. The fraction of sp³-hybridized carbons (Fsp3) is 0.368. The number of anilines is 2. The molecule has 0 saturated carbocycles. The molecule has 1 aromatic heterocycles. The van der Waals surface area contributed by atoms with Crippen molar-refractivity contribution in [1.82, 2.24) is 9.78 Å². The Labute approximate surface area is 174 Å². The van der Waals surface area contributed by atoms with Crippen LogP contribution in [0.1, 0.15) is 30.6 Å². The van der Waals surface area contributed by atoms with E-state index in [1.54, 1.807) is 37.3 Å². The van der Waals surface area contributed by atoms with E-state index in [0.717, 1.165) is 0 Å². The van der Waals surface area contributed by atoms with Crippen LogP contribution in [0.5, 0.6) is 0 Å². The summed E-state index contributed by atoms with van der Waals surface area (Å²) in [5.41, 5.74) is 0.450. The molecule has 162 valence electrons. The fourth-order valence-electron chi connectivity index (χ4n) is 2.75. The summed E-state index contributed by atoms with van der Waals surface area (Å²) in [5, 5.41) is 7.33. The SMILES string of the molecule is CCOC(=O)c1cnn(C)c1NC(=O)C(CC)S(=O)(=O)CC(=O)Nc1ccccc1. The number of ether oxygens (including phenoxy) is 1. The van der Waals surface area contributed by atoms with Gasteiger partial charge in [-0.25, -0.2) is 13.2 Å². The molecular weight excluding hydrogens is 412 g/mol. The van der Waals surface area contributed by atoms with Gasteiger partial charge >= 0.3 is 5.97 Å². The number of sulfone groups is 1. The zero-order valence-corrected chi connectivity index (χ0v) is 17.7. The summed E-state index contributed by atoms with van der Waals surface area (Å²) in [6, 6.07) is 8.39. The van der Waals surface area contributed by atoms with Gasteiger partial charge in [0.05, 0.1) is 12.8 Å². The first-order chi connectivity index (χ1) is 14.2. The van der Waals surface area contributed by atoms with Gasteiger partial charge in [-0.15, -0.1) is 0 Å². The molecule has 0 aliphatic heterocycles. The van der Waals surface area contributed by atoms with Crippen LogP contribution in [0.4, 0.5) is 11.5 Å². The standard InChI is InChI=1S/C19H24N4O6S/c1-4-15(30(27,28)12-16(24)21-13-9-7-6-8-10-13)18(25)22-17-14(11-20-23(17)3)19(26)29-5-2/h6-11,15H,4-5,12H2,1-3H3,(H,21,24)(H,22,25). The highest BCUT2D eigenvalue weighted by atomic mass is 32.2. The zero-order valence-electron chi connectivity index (χ0n) is 16.9. The second kappa shape index (κ2) is 10.0. The Hall–Kier alpha value is -3.21. The average molecular weight is 436 g/mol. The summed E-state index contributed by atoms with van der Waals surface area (Å²) in [7, 11) is -2.63. The molecule has 2 rings (SSSR count). The van der Waals surface area contributed by atoms with Crippen LogP contribution < -0.4 is 10.6 Å². The number of aromatic nitrogens is 2. The van der Waals surface area contributed by atoms with Crippen molar-refractivity contribution in [2.45, 2.75) is 25.5 Å². The van der Waals surface area contributed by atoms with Crippen LogP contribution in [-0.4, -0.2) is 53.6 Å². The maximum atomic E-state index is 12.7. The highest BCUT2D eigenvalue weighted by molar-refractivity contribution is 7.93. The van der Waals surface area contributed by atoms with Gasteiger partial charge in [0, 0.05) is 12.7 Å². The van der Waals surface area contributed by atoms with E-state index in [0.29, 0.717) is 5.69 Å². The van der Waals surface area contributed by atoms with Crippen molar-refractivity contribution in [3.63, 3.8) is 0 Å². The van der Waals surface area contributed by atoms with Gasteiger partial charge in [0.2, 0.25) is 11.8 Å². The van der Waals surface area contributed by atoms with Gasteiger partial charge in [-0.05, 0) is 25.5 Å². The summed E-state index contributed by atoms with van der Waals surface area (Å²) in [6.07, 6.45) is 1.16. The second-order valence-corrected chi connectivity index (χ2v) is 8.54. The van der Waals surface area contributed by atoms with Crippen molar-refractivity contribution in [2.75, 3.05) is 23.0 Å². The van der Waals surface area contributed by atoms with Crippen molar-refractivity contribution in [3.8, 4) is 0 Å². The molecule has 30 heavy (non-hydrogen) atoms. The number of hydrogen-bond acceptors (Lipinski definition) is 7. The third-order valence-electron chi connectivity index (χ3n) is 4.16. The number of amides is 2. The molecule has 0 saturated heterocycles. The molecule has 0 radical (unpaired) electrons. The molecule has 1 heterocycles. The maximum absolute atomic E-state index is 12.7. The number of para-hydroxylation sites is 1. The van der Waals surface area contributed by atoms with Crippen LogP contribution >= 0.6 is 0 Å². The normalized spacial score (nSPS) is 12.1. The number of nitrogens with zero attached hydrogens (tertiary/aromatic N) is 2. The van der Waals surface area contributed by atoms with Crippen LogP contribution in [0.3, 0.4) is 0 Å². The van der Waals surface area contributed by atoms with Gasteiger partial charge in [-0.2, -0.15) is 5.10 Å². The van der Waals surface area contributed by atoms with Gasteiger partial charge < -0.3 is 15.4 Å². The quantitative estimate of drug-likeness (QED) is 0.567. The minimum Gasteiger partial charge on any atom is -0.462 e. The maximum Gasteiger partial charge on any atom is 0.343 e. The summed E-state index contributed by atoms with van der Waals surface area (Å²) >= 11 is 0. The average Bonchev–Trinajstić information content (AvgIpc) is 3.03. The summed E-state index contributed by atoms with van der Waals surface area (Å²) in [4.78, 5) is 36.9. The molecule has 0 spiro atoms. The number of nitrogens with one attached hydrogen (secondary N) is 2. The van der Waals surface area contributed by atoms with E-state index in [4.69, 9.17) is 4.74 Å². The molecule has 2 aromatic rings. The summed E-state index contributed by atoms with van der Waals surface area (Å²) < 4.78 is 31.5. The van der Waals surface area contributed by atoms with Crippen LogP contribution in [-0.2, 0) is 31.2 Å². The molecule has 1 aromatic carbocycles. The molecule has 2 amide bonds. The predicted octanol–water partition coefficient (Wildman–Crippen LogP) is 1.37. The Bertz CT molecular complexity index is 1020. The molecular formula is C19H24N4O6S. The van der Waals surface area contributed by atoms with Gasteiger partial charge in [0.25, 0.3) is 0 Å². The van der Waals surface area contributed by atoms with E-state index in [-0.39, 0.29) is 24.4 Å². The minimum absolute atomic E-state index is 0.00164. The third-order valence-corrected chi connectivity index (χ3v) is 6.24. The van der Waals surface area contributed by atoms with E-state index in [2.05, 4.69) is 15.7 Å². The Kier molecular flexibility index (Phi) is 7.70. The first-order valence-corrected chi connectivity index (χ1v) is 11.0. The Morgan fingerprint density at radius 3 is 2.40 bits per heavy atom. The van der Waals surface area contributed by atoms with Crippen molar-refractivity contribution in [3.05, 3.63) is 42.1 Å². The van der Waals surface area contributed by atoms with Crippen LogP contribution in [0.2, 0.25) is 0 Å². The van der Waals surface area contributed by atoms with E-state index < -0.39 is 38.6 Å². The molecule has 1 atom stereocenters. The first kappa shape index (κ1) is 23.1. The van der Waals surface area contributed by atoms with E-state index in [1.165, 1.54) is 24.9 Å². The fourth-order valence-corrected chi connectivity index (χ4v) is 4.28. The molecule has 2 N–H and O–H groups in total. The third kappa shape index (κ3) is 5.66. The van der Waals surface area contributed by atoms with Crippen molar-refractivity contribution >= 4 is 39.1 Å². The summed E-state index contributed by atoms with van der Waals surface area (Å²) in [5.74, 6) is -3.15. The lowest BCUT2D eigenvalue weighted by atomic mass is 10.3. The molecule has 0 fully saturated rings. The smallest absolute Gasteiger partial charge is 0.343 e.